The molecule has 3 aromatic heterocycles. The van der Waals surface area contributed by atoms with Gasteiger partial charge in [-0.15, -0.1) is 0 Å². The summed E-state index contributed by atoms with van der Waals surface area (Å²) in [4.78, 5) is 29.5. The van der Waals surface area contributed by atoms with E-state index in [2.05, 4.69) is 60.5 Å². The van der Waals surface area contributed by atoms with Crippen LogP contribution in [0.4, 0.5) is 0 Å². The number of aromatic amines is 1. The molecule has 0 saturated carbocycles. The number of nitrogens with one attached hydrogen (secondary N) is 2. The predicted octanol–water partition coefficient (Wildman–Crippen LogP) is 5.28. The Labute approximate surface area is 191 Å². The summed E-state index contributed by atoms with van der Waals surface area (Å²) in [5, 5.41) is 3.22. The van der Waals surface area contributed by atoms with Crippen molar-refractivity contribution >= 4 is 32.9 Å². The summed E-state index contributed by atoms with van der Waals surface area (Å²) in [6, 6.07) is 17.6. The third-order valence-corrected chi connectivity index (χ3v) is 6.41. The maximum absolute atomic E-state index is 13.1. The molecule has 5 aromatic rings. The summed E-state index contributed by atoms with van der Waals surface area (Å²) in [7, 11) is 0. The van der Waals surface area contributed by atoms with Crippen molar-refractivity contribution in [2.75, 3.05) is 0 Å². The first-order valence-corrected chi connectivity index (χ1v) is 10.9. The van der Waals surface area contributed by atoms with E-state index in [0.29, 0.717) is 10.0 Å². The van der Waals surface area contributed by atoms with Gasteiger partial charge in [-0.2, -0.15) is 0 Å². The summed E-state index contributed by atoms with van der Waals surface area (Å²) in [5.74, 6) is 0.621. The van der Waals surface area contributed by atoms with E-state index in [4.69, 9.17) is 4.98 Å². The topological polar surface area (TPSA) is 83.6 Å². The van der Waals surface area contributed by atoms with E-state index in [1.165, 1.54) is 0 Å². The van der Waals surface area contributed by atoms with Gasteiger partial charge in [-0.05, 0) is 50.3 Å². The molecular formula is C25H16BrN5O. The van der Waals surface area contributed by atoms with Crippen molar-refractivity contribution in [3.05, 3.63) is 101 Å². The van der Waals surface area contributed by atoms with Crippen LogP contribution < -0.4 is 5.32 Å². The Morgan fingerprint density at radius 1 is 0.906 bits per heavy atom. The fourth-order valence-electron chi connectivity index (χ4n) is 4.36. The minimum atomic E-state index is -0.264. The first-order chi connectivity index (χ1) is 15.7. The SMILES string of the molecule is O=C(NC1c2ccccc2-c2c(-c3nc4ccncc4[nH]3)cccc21)c1ccncc1Br. The van der Waals surface area contributed by atoms with Crippen LogP contribution in [-0.4, -0.2) is 25.8 Å². The van der Waals surface area contributed by atoms with Gasteiger partial charge in [-0.3, -0.25) is 14.8 Å². The Bertz CT molecular complexity index is 1480. The van der Waals surface area contributed by atoms with E-state index in [0.717, 1.165) is 44.7 Å². The van der Waals surface area contributed by atoms with Crippen LogP contribution >= 0.6 is 15.9 Å². The number of imidazole rings is 1. The fourth-order valence-corrected chi connectivity index (χ4v) is 4.79. The number of H-pyrrole nitrogens is 1. The third-order valence-electron chi connectivity index (χ3n) is 5.78. The van der Waals surface area contributed by atoms with Crippen molar-refractivity contribution in [1.82, 2.24) is 25.3 Å². The molecule has 7 heteroatoms. The zero-order chi connectivity index (χ0) is 21.7. The number of amides is 1. The fraction of sp³-hybridized carbons (Fsp3) is 0.0400. The number of hydrogen-bond donors (Lipinski definition) is 2. The number of hydrogen-bond acceptors (Lipinski definition) is 4. The molecule has 1 amide bonds. The molecule has 1 atom stereocenters. The summed E-state index contributed by atoms with van der Waals surface area (Å²) >= 11 is 3.43. The molecule has 32 heavy (non-hydrogen) atoms. The minimum absolute atomic E-state index is 0.160. The second-order valence-corrected chi connectivity index (χ2v) is 8.45. The van der Waals surface area contributed by atoms with Crippen molar-refractivity contribution in [1.29, 1.82) is 0 Å². The van der Waals surface area contributed by atoms with Gasteiger partial charge in [0.1, 0.15) is 5.82 Å². The van der Waals surface area contributed by atoms with Gasteiger partial charge in [0.05, 0.1) is 28.8 Å². The summed E-state index contributed by atoms with van der Waals surface area (Å²) in [5.41, 5.74) is 7.57. The molecular weight excluding hydrogens is 466 g/mol. The van der Waals surface area contributed by atoms with Crippen molar-refractivity contribution in [2.45, 2.75) is 6.04 Å². The Hall–Kier alpha value is -3.84. The molecule has 1 aliphatic carbocycles. The van der Waals surface area contributed by atoms with Crippen LogP contribution in [0.1, 0.15) is 27.5 Å². The molecule has 0 fully saturated rings. The number of aromatic nitrogens is 4. The van der Waals surface area contributed by atoms with Gasteiger partial charge in [0, 0.05) is 28.6 Å². The number of pyridine rings is 2. The number of benzene rings is 2. The van der Waals surface area contributed by atoms with Crippen LogP contribution in [0, 0.1) is 0 Å². The van der Waals surface area contributed by atoms with Crippen molar-refractivity contribution in [3.63, 3.8) is 0 Å². The standard InChI is InChI=1S/C25H16BrN5O/c26-19-12-27-10-8-16(19)25(32)31-23-15-5-2-1-4-14(15)22-17(23)6-3-7-18(22)24-29-20-9-11-28-13-21(20)30-24/h1-13,23H,(H,29,30)(H,31,32). The monoisotopic (exact) mass is 481 g/mol. The molecule has 0 aliphatic heterocycles. The Balaban J connectivity index is 1.49. The highest BCUT2D eigenvalue weighted by molar-refractivity contribution is 9.10. The summed E-state index contributed by atoms with van der Waals surface area (Å²) in [6.07, 6.45) is 6.75. The highest BCUT2D eigenvalue weighted by atomic mass is 79.9. The molecule has 1 unspecified atom stereocenters. The number of carbonyl (C=O) groups is 1. The normalized spacial score (nSPS) is 14.2. The Morgan fingerprint density at radius 2 is 1.69 bits per heavy atom. The smallest absolute Gasteiger partial charge is 0.253 e. The lowest BCUT2D eigenvalue weighted by Crippen LogP contribution is -2.28. The highest BCUT2D eigenvalue weighted by Crippen LogP contribution is 2.47. The zero-order valence-corrected chi connectivity index (χ0v) is 18.3. The Kier molecular flexibility index (Phi) is 4.36. The number of rotatable bonds is 3. The number of fused-ring (bicyclic) bond motifs is 4. The third kappa shape index (κ3) is 2.93. The number of halogens is 1. The van der Waals surface area contributed by atoms with Crippen molar-refractivity contribution < 1.29 is 4.79 Å². The zero-order valence-electron chi connectivity index (χ0n) is 16.7. The molecule has 6 rings (SSSR count). The molecule has 1 aliphatic rings. The van der Waals surface area contributed by atoms with E-state index in [1.54, 1.807) is 30.9 Å². The predicted molar refractivity (Wildman–Crippen MR) is 126 cm³/mol. The molecule has 3 heterocycles. The highest BCUT2D eigenvalue weighted by Gasteiger charge is 2.32. The molecule has 0 spiro atoms. The van der Waals surface area contributed by atoms with E-state index in [1.807, 2.05) is 24.3 Å². The summed E-state index contributed by atoms with van der Waals surface area (Å²) in [6.45, 7) is 0. The average Bonchev–Trinajstić information content (AvgIpc) is 3.39. The van der Waals surface area contributed by atoms with Gasteiger partial charge < -0.3 is 10.3 Å². The molecule has 6 nitrogen and oxygen atoms in total. The van der Waals surface area contributed by atoms with Gasteiger partial charge in [-0.1, -0.05) is 42.5 Å². The van der Waals surface area contributed by atoms with E-state index in [9.17, 15) is 4.79 Å². The molecule has 0 bridgehead atoms. The second-order valence-electron chi connectivity index (χ2n) is 7.60. The van der Waals surface area contributed by atoms with Gasteiger partial charge in [0.25, 0.3) is 5.91 Å². The van der Waals surface area contributed by atoms with Crippen LogP contribution in [0.25, 0.3) is 33.5 Å². The molecule has 2 N–H and O–H groups in total. The lowest BCUT2D eigenvalue weighted by atomic mass is 9.98. The second kappa shape index (κ2) is 7.39. The maximum Gasteiger partial charge on any atom is 0.253 e. The first-order valence-electron chi connectivity index (χ1n) is 10.1. The van der Waals surface area contributed by atoms with E-state index >= 15 is 0 Å². The van der Waals surface area contributed by atoms with Gasteiger partial charge >= 0.3 is 0 Å². The van der Waals surface area contributed by atoms with Gasteiger partial charge in [0.2, 0.25) is 0 Å². The van der Waals surface area contributed by atoms with Crippen LogP contribution in [0.5, 0.6) is 0 Å². The van der Waals surface area contributed by atoms with Gasteiger partial charge in [0.15, 0.2) is 0 Å². The quantitative estimate of drug-likeness (QED) is 0.367. The lowest BCUT2D eigenvalue weighted by Gasteiger charge is -2.17. The van der Waals surface area contributed by atoms with E-state index in [-0.39, 0.29) is 11.9 Å². The van der Waals surface area contributed by atoms with Crippen molar-refractivity contribution in [2.24, 2.45) is 0 Å². The van der Waals surface area contributed by atoms with Crippen molar-refractivity contribution in [3.8, 4) is 22.5 Å². The first kappa shape index (κ1) is 18.9. The molecule has 2 aromatic carbocycles. The maximum atomic E-state index is 13.1. The van der Waals surface area contributed by atoms with Crippen LogP contribution in [0.2, 0.25) is 0 Å². The van der Waals surface area contributed by atoms with Crippen LogP contribution in [-0.2, 0) is 0 Å². The van der Waals surface area contributed by atoms with Crippen LogP contribution in [0.15, 0.2) is 83.9 Å². The number of nitrogens with zero attached hydrogens (tertiary/aromatic N) is 3. The minimum Gasteiger partial charge on any atom is -0.341 e. The van der Waals surface area contributed by atoms with Gasteiger partial charge in [-0.25, -0.2) is 4.98 Å². The molecule has 0 saturated heterocycles. The average molecular weight is 482 g/mol. The lowest BCUT2D eigenvalue weighted by molar-refractivity contribution is 0.0942. The van der Waals surface area contributed by atoms with E-state index < -0.39 is 0 Å². The largest absolute Gasteiger partial charge is 0.341 e. The summed E-state index contributed by atoms with van der Waals surface area (Å²) < 4.78 is 0.661. The molecule has 0 radical (unpaired) electrons. The van der Waals surface area contributed by atoms with Crippen LogP contribution in [0.3, 0.4) is 0 Å². The molecule has 154 valence electrons. The number of carbonyl (C=O) groups excluding carboxylic acids is 1. The Morgan fingerprint density at radius 3 is 2.56 bits per heavy atom.